The number of hydrogen-bond acceptors (Lipinski definition) is 11. The minimum Gasteiger partial charge on any atom is -0.508 e. The zero-order valence-corrected chi connectivity index (χ0v) is 16.3. The highest BCUT2D eigenvalue weighted by molar-refractivity contribution is 5.88. The van der Waals surface area contributed by atoms with Crippen LogP contribution in [-0.4, -0.2) is 73.1 Å². The molecule has 4 rings (SSSR count). The number of hydrogen-bond donors (Lipinski definition) is 7. The summed E-state index contributed by atoms with van der Waals surface area (Å²) < 4.78 is 16.3. The van der Waals surface area contributed by atoms with Crippen LogP contribution in [0.5, 0.6) is 23.0 Å². The molecule has 0 bridgehead atoms. The maximum atomic E-state index is 12.5. The molecule has 1 fully saturated rings. The summed E-state index contributed by atoms with van der Waals surface area (Å²) in [5.41, 5.74) is -0.771. The molecule has 1 aromatic heterocycles. The summed E-state index contributed by atoms with van der Waals surface area (Å²) in [4.78, 5) is 12.5. The van der Waals surface area contributed by atoms with Crippen molar-refractivity contribution in [2.75, 3.05) is 6.61 Å². The molecule has 0 saturated carbocycles. The van der Waals surface area contributed by atoms with Crippen molar-refractivity contribution in [3.05, 3.63) is 46.6 Å². The van der Waals surface area contributed by atoms with Crippen molar-refractivity contribution in [3.63, 3.8) is 0 Å². The van der Waals surface area contributed by atoms with Crippen molar-refractivity contribution < 1.29 is 49.6 Å². The maximum Gasteiger partial charge on any atom is 0.238 e. The van der Waals surface area contributed by atoms with Crippen LogP contribution >= 0.6 is 0 Å². The van der Waals surface area contributed by atoms with Gasteiger partial charge in [-0.1, -0.05) is 0 Å². The highest BCUT2D eigenvalue weighted by atomic mass is 16.7. The van der Waals surface area contributed by atoms with E-state index >= 15 is 0 Å². The zero-order chi connectivity index (χ0) is 23.2. The number of aromatic hydroxyl groups is 3. The van der Waals surface area contributed by atoms with Gasteiger partial charge in [-0.2, -0.15) is 0 Å². The molecule has 0 radical (unpaired) electrons. The Labute approximate surface area is 179 Å². The smallest absolute Gasteiger partial charge is 0.238 e. The van der Waals surface area contributed by atoms with Crippen LogP contribution in [0, 0.1) is 0 Å². The van der Waals surface area contributed by atoms with Gasteiger partial charge < -0.3 is 49.6 Å². The first-order chi connectivity index (χ1) is 15.2. The highest BCUT2D eigenvalue weighted by Gasteiger charge is 2.44. The van der Waals surface area contributed by atoms with Gasteiger partial charge in [0.05, 0.1) is 6.61 Å². The number of aliphatic hydroxyl groups excluding tert-OH is 4. The molecule has 11 heteroatoms. The van der Waals surface area contributed by atoms with Gasteiger partial charge in [-0.25, -0.2) is 0 Å². The van der Waals surface area contributed by atoms with Crippen LogP contribution in [0.25, 0.3) is 22.3 Å². The van der Waals surface area contributed by atoms with Crippen LogP contribution in [0.4, 0.5) is 0 Å². The van der Waals surface area contributed by atoms with Crippen LogP contribution in [0.15, 0.2) is 45.6 Å². The minimum absolute atomic E-state index is 0.137. The second-order valence-electron chi connectivity index (χ2n) is 7.29. The molecule has 1 saturated heterocycles. The van der Waals surface area contributed by atoms with Crippen LogP contribution in [0.3, 0.4) is 0 Å². The lowest BCUT2D eigenvalue weighted by Crippen LogP contribution is -2.60. The van der Waals surface area contributed by atoms with Crippen molar-refractivity contribution in [2.45, 2.75) is 30.7 Å². The molecule has 0 spiro atoms. The van der Waals surface area contributed by atoms with Gasteiger partial charge in [0.15, 0.2) is 5.76 Å². The minimum atomic E-state index is -1.60. The summed E-state index contributed by atoms with van der Waals surface area (Å²) >= 11 is 0. The Morgan fingerprint density at radius 3 is 2.28 bits per heavy atom. The highest BCUT2D eigenvalue weighted by Crippen LogP contribution is 2.35. The fourth-order valence-electron chi connectivity index (χ4n) is 3.45. The van der Waals surface area contributed by atoms with E-state index in [1.54, 1.807) is 0 Å². The second kappa shape index (κ2) is 8.30. The summed E-state index contributed by atoms with van der Waals surface area (Å²) in [6.07, 6.45) is -7.21. The lowest BCUT2D eigenvalue weighted by Gasteiger charge is -2.39. The molecule has 0 amide bonds. The van der Waals surface area contributed by atoms with Crippen molar-refractivity contribution in [1.82, 2.24) is 0 Å². The van der Waals surface area contributed by atoms with Crippen LogP contribution in [0.1, 0.15) is 0 Å². The van der Waals surface area contributed by atoms with Gasteiger partial charge in [0, 0.05) is 17.7 Å². The third kappa shape index (κ3) is 3.72. The van der Waals surface area contributed by atoms with Crippen LogP contribution in [0.2, 0.25) is 0 Å². The molecule has 3 aromatic rings. The number of fused-ring (bicyclic) bond motifs is 1. The molecule has 5 atom stereocenters. The van der Waals surface area contributed by atoms with Gasteiger partial charge in [-0.15, -0.1) is 0 Å². The fourth-order valence-corrected chi connectivity index (χ4v) is 3.45. The van der Waals surface area contributed by atoms with Crippen molar-refractivity contribution in [2.24, 2.45) is 0 Å². The Balaban J connectivity index is 1.63. The molecule has 0 aliphatic carbocycles. The number of aliphatic hydroxyl groups is 4. The summed E-state index contributed by atoms with van der Waals surface area (Å²) in [5.74, 6) is -1.68. The quantitative estimate of drug-likeness (QED) is 0.279. The molecule has 1 aliphatic rings. The van der Waals surface area contributed by atoms with Crippen molar-refractivity contribution in [1.29, 1.82) is 0 Å². The first-order valence-electron chi connectivity index (χ1n) is 9.50. The first-order valence-corrected chi connectivity index (χ1v) is 9.50. The second-order valence-corrected chi connectivity index (χ2v) is 7.29. The van der Waals surface area contributed by atoms with Crippen LogP contribution in [-0.2, 0) is 4.74 Å². The van der Waals surface area contributed by atoms with Gasteiger partial charge in [-0.05, 0) is 24.3 Å². The zero-order valence-electron chi connectivity index (χ0n) is 16.3. The number of benzene rings is 2. The molecular weight excluding hydrogens is 428 g/mol. The SMILES string of the molecule is O=c1c(O)c(-c2ccc(O[C@@H]3O[C@H](CO)[C@@H](O)[C@H](O)[C@H]3O)cc2)oc2cc(O)cc(O)c12. The maximum absolute atomic E-state index is 12.5. The molecule has 2 aromatic carbocycles. The molecular formula is C21H20O11. The largest absolute Gasteiger partial charge is 0.508 e. The molecule has 11 nitrogen and oxygen atoms in total. The molecule has 0 unspecified atom stereocenters. The summed E-state index contributed by atoms with van der Waals surface area (Å²) in [6, 6.07) is 7.72. The Kier molecular flexibility index (Phi) is 5.67. The van der Waals surface area contributed by atoms with E-state index in [-0.39, 0.29) is 33.8 Å². The van der Waals surface area contributed by atoms with E-state index in [9.17, 15) is 40.5 Å². The third-order valence-electron chi connectivity index (χ3n) is 5.15. The summed E-state index contributed by atoms with van der Waals surface area (Å²) in [6.45, 7) is -0.602. The molecule has 32 heavy (non-hydrogen) atoms. The van der Waals surface area contributed by atoms with E-state index in [0.717, 1.165) is 12.1 Å². The monoisotopic (exact) mass is 448 g/mol. The van der Waals surface area contributed by atoms with Crippen LogP contribution < -0.4 is 10.2 Å². The number of phenolic OH excluding ortho intramolecular Hbond substituents is 2. The third-order valence-corrected chi connectivity index (χ3v) is 5.15. The van der Waals surface area contributed by atoms with E-state index in [2.05, 4.69) is 0 Å². The molecule has 1 aliphatic heterocycles. The van der Waals surface area contributed by atoms with Crippen molar-refractivity contribution >= 4 is 11.0 Å². The predicted molar refractivity (Wildman–Crippen MR) is 107 cm³/mol. The Hall–Kier alpha value is -3.35. The van der Waals surface area contributed by atoms with E-state index in [4.69, 9.17) is 13.9 Å². The predicted octanol–water partition coefficient (Wildman–Crippen LogP) is -0.245. The van der Waals surface area contributed by atoms with E-state index < -0.39 is 54.2 Å². The van der Waals surface area contributed by atoms with E-state index in [1.807, 2.05) is 0 Å². The molecule has 2 heterocycles. The normalized spacial score (nSPS) is 25.7. The first kappa shape index (κ1) is 21.9. The number of rotatable bonds is 4. The van der Waals surface area contributed by atoms with E-state index in [0.29, 0.717) is 0 Å². The van der Waals surface area contributed by atoms with Gasteiger partial charge in [-0.3, -0.25) is 4.79 Å². The average Bonchev–Trinajstić information content (AvgIpc) is 2.76. The summed E-state index contributed by atoms with van der Waals surface area (Å²) in [7, 11) is 0. The number of ether oxygens (including phenoxy) is 2. The van der Waals surface area contributed by atoms with Gasteiger partial charge >= 0.3 is 0 Å². The Morgan fingerprint density at radius 2 is 1.62 bits per heavy atom. The lowest BCUT2D eigenvalue weighted by atomic mass is 9.99. The molecule has 170 valence electrons. The lowest BCUT2D eigenvalue weighted by molar-refractivity contribution is -0.277. The Bertz CT molecular complexity index is 1190. The van der Waals surface area contributed by atoms with Gasteiger partial charge in [0.2, 0.25) is 17.5 Å². The number of phenols is 2. The fraction of sp³-hybridized carbons (Fsp3) is 0.286. The van der Waals surface area contributed by atoms with Gasteiger partial charge in [0.25, 0.3) is 0 Å². The van der Waals surface area contributed by atoms with Crippen molar-refractivity contribution in [3.8, 4) is 34.3 Å². The molecule has 7 N–H and O–H groups in total. The Morgan fingerprint density at radius 1 is 0.938 bits per heavy atom. The summed E-state index contributed by atoms with van der Waals surface area (Å²) in [5, 5.41) is 68.5. The average molecular weight is 448 g/mol. The van der Waals surface area contributed by atoms with Gasteiger partial charge in [0.1, 0.15) is 52.6 Å². The van der Waals surface area contributed by atoms with E-state index in [1.165, 1.54) is 24.3 Å². The topological polar surface area (TPSA) is 190 Å². The standard InChI is InChI=1S/C21H20O11/c22-7-13-15(25)17(27)19(29)21(32-13)30-10-3-1-8(2-4-10)20-18(28)16(26)14-11(24)5-9(23)6-12(14)31-20/h1-6,13,15,17,19,21-25,27-29H,7H2/t13-,15-,17+,19-,21-/m1/s1.